The number of aromatic amines is 1. The third-order valence-electron chi connectivity index (χ3n) is 4.70. The van der Waals surface area contributed by atoms with Crippen LogP contribution in [-0.4, -0.2) is 29.0 Å². The minimum absolute atomic E-state index is 0.438. The largest absolute Gasteiger partial charge is 0.372 e. The highest BCUT2D eigenvalue weighted by Gasteiger charge is 2.14. The first-order valence-electron chi connectivity index (χ1n) is 8.51. The van der Waals surface area contributed by atoms with E-state index in [-0.39, 0.29) is 0 Å². The van der Waals surface area contributed by atoms with E-state index in [0.29, 0.717) is 5.57 Å². The molecule has 5 heteroatoms. The maximum Gasteiger partial charge on any atom is 0.249 e. The molecule has 2 aromatic heterocycles. The highest BCUT2D eigenvalue weighted by atomic mass is 16.1. The third-order valence-corrected chi connectivity index (χ3v) is 4.70. The first-order chi connectivity index (χ1) is 12.2. The van der Waals surface area contributed by atoms with E-state index in [1.807, 2.05) is 36.5 Å². The lowest BCUT2D eigenvalue weighted by atomic mass is 10.0. The Morgan fingerprint density at radius 1 is 1.16 bits per heavy atom. The number of nitrogens with two attached hydrogens (primary N) is 1. The van der Waals surface area contributed by atoms with Crippen molar-refractivity contribution >= 4 is 34.3 Å². The van der Waals surface area contributed by atoms with E-state index < -0.39 is 5.91 Å². The maximum atomic E-state index is 12.0. The van der Waals surface area contributed by atoms with Gasteiger partial charge >= 0.3 is 0 Å². The Hall–Kier alpha value is -3.08. The van der Waals surface area contributed by atoms with Crippen LogP contribution in [0.25, 0.3) is 22.7 Å². The molecule has 3 aromatic rings. The summed E-state index contributed by atoms with van der Waals surface area (Å²) in [6, 6.07) is 11.9. The van der Waals surface area contributed by atoms with Gasteiger partial charge < -0.3 is 15.6 Å². The van der Waals surface area contributed by atoms with Crippen molar-refractivity contribution in [2.24, 2.45) is 5.73 Å². The van der Waals surface area contributed by atoms with Crippen molar-refractivity contribution in [3.05, 3.63) is 59.9 Å². The molecule has 0 radical (unpaired) electrons. The Morgan fingerprint density at radius 2 is 1.92 bits per heavy atom. The van der Waals surface area contributed by atoms with E-state index in [2.05, 4.69) is 27.0 Å². The Bertz CT molecular complexity index is 934. The second kappa shape index (κ2) is 6.43. The van der Waals surface area contributed by atoms with Crippen molar-refractivity contribution in [3.63, 3.8) is 0 Å². The van der Waals surface area contributed by atoms with Crippen molar-refractivity contribution in [2.75, 3.05) is 18.0 Å². The van der Waals surface area contributed by atoms with Crippen LogP contribution < -0.4 is 10.6 Å². The lowest BCUT2D eigenvalue weighted by molar-refractivity contribution is -0.112. The molecule has 5 nitrogen and oxygen atoms in total. The second-order valence-corrected chi connectivity index (χ2v) is 6.31. The normalized spacial score (nSPS) is 15.0. The molecule has 1 saturated heterocycles. The van der Waals surface area contributed by atoms with Crippen LogP contribution >= 0.6 is 0 Å². The van der Waals surface area contributed by atoms with E-state index in [1.54, 1.807) is 6.20 Å². The molecule has 1 aliphatic heterocycles. The van der Waals surface area contributed by atoms with Gasteiger partial charge in [0.05, 0.1) is 0 Å². The number of hydrogen-bond acceptors (Lipinski definition) is 3. The number of amides is 1. The Balaban J connectivity index is 1.70. The number of carbonyl (C=O) groups excluding carboxylic acids is 1. The highest BCUT2D eigenvalue weighted by Crippen LogP contribution is 2.26. The minimum atomic E-state index is -0.438. The Kier molecular flexibility index (Phi) is 3.98. The molecule has 1 fully saturated rings. The van der Waals surface area contributed by atoms with Crippen molar-refractivity contribution in [1.29, 1.82) is 0 Å². The molecule has 0 spiro atoms. The zero-order valence-electron chi connectivity index (χ0n) is 13.9. The van der Waals surface area contributed by atoms with Crippen LogP contribution in [0.5, 0.6) is 0 Å². The Morgan fingerprint density at radius 3 is 2.64 bits per heavy atom. The summed E-state index contributed by atoms with van der Waals surface area (Å²) in [5.74, 6) is -0.438. The van der Waals surface area contributed by atoms with E-state index in [4.69, 9.17) is 5.73 Å². The molecule has 126 valence electrons. The molecule has 0 unspecified atom stereocenters. The number of pyridine rings is 1. The van der Waals surface area contributed by atoms with E-state index in [1.165, 1.54) is 18.5 Å². The number of nitrogens with one attached hydrogen (secondary N) is 1. The van der Waals surface area contributed by atoms with Crippen LogP contribution in [0.2, 0.25) is 0 Å². The fourth-order valence-electron chi connectivity index (χ4n) is 3.38. The van der Waals surface area contributed by atoms with Crippen LogP contribution in [0.1, 0.15) is 24.0 Å². The predicted octanol–water partition coefficient (Wildman–Crippen LogP) is 3.19. The maximum absolute atomic E-state index is 12.0. The van der Waals surface area contributed by atoms with Gasteiger partial charge in [-0.3, -0.25) is 4.79 Å². The SMILES string of the molecule is NC(=O)/C(=C\c1c[nH]c2ncccc12)c1ccc(N2CCCC2)cc1. The molecular formula is C20H20N4O. The monoisotopic (exact) mass is 332 g/mol. The van der Waals surface area contributed by atoms with Gasteiger partial charge in [0, 0.05) is 47.7 Å². The van der Waals surface area contributed by atoms with Gasteiger partial charge in [-0.15, -0.1) is 0 Å². The van der Waals surface area contributed by atoms with Gasteiger partial charge in [0.2, 0.25) is 5.91 Å². The molecule has 3 N–H and O–H groups in total. The number of anilines is 1. The van der Waals surface area contributed by atoms with Crippen LogP contribution in [0, 0.1) is 0 Å². The van der Waals surface area contributed by atoms with E-state index >= 15 is 0 Å². The molecule has 0 bridgehead atoms. The van der Waals surface area contributed by atoms with Crippen LogP contribution in [0.4, 0.5) is 5.69 Å². The van der Waals surface area contributed by atoms with Gasteiger partial charge in [-0.1, -0.05) is 12.1 Å². The summed E-state index contributed by atoms with van der Waals surface area (Å²) in [5, 5.41) is 0.968. The standard InChI is InChI=1S/C20H20N4O/c21-19(25)18(12-15-13-23-20-17(15)4-3-9-22-20)14-5-7-16(8-6-14)24-10-1-2-11-24/h3-9,12-13H,1-2,10-11H2,(H2,21,25)(H,22,23)/b18-12-. The zero-order chi connectivity index (χ0) is 17.2. The fourth-order valence-corrected chi connectivity index (χ4v) is 3.38. The van der Waals surface area contributed by atoms with Gasteiger partial charge in [-0.2, -0.15) is 0 Å². The molecule has 25 heavy (non-hydrogen) atoms. The number of aromatic nitrogens is 2. The van der Waals surface area contributed by atoms with Crippen LogP contribution in [-0.2, 0) is 4.79 Å². The third kappa shape index (κ3) is 3.01. The number of carbonyl (C=O) groups is 1. The lowest BCUT2D eigenvalue weighted by Crippen LogP contribution is -2.17. The van der Waals surface area contributed by atoms with Crippen molar-refractivity contribution in [1.82, 2.24) is 9.97 Å². The average Bonchev–Trinajstić information content (AvgIpc) is 3.30. The fraction of sp³-hybridized carbons (Fsp3) is 0.200. The highest BCUT2D eigenvalue weighted by molar-refractivity contribution is 6.24. The van der Waals surface area contributed by atoms with Crippen molar-refractivity contribution in [2.45, 2.75) is 12.8 Å². The summed E-state index contributed by atoms with van der Waals surface area (Å²) in [4.78, 5) is 21.8. The van der Waals surface area contributed by atoms with Gasteiger partial charge in [-0.25, -0.2) is 4.98 Å². The summed E-state index contributed by atoms with van der Waals surface area (Å²) in [6.45, 7) is 2.19. The molecular weight excluding hydrogens is 312 g/mol. The first-order valence-corrected chi connectivity index (χ1v) is 8.51. The molecule has 4 rings (SSSR count). The molecule has 3 heterocycles. The van der Waals surface area contributed by atoms with Gasteiger partial charge in [0.25, 0.3) is 0 Å². The van der Waals surface area contributed by atoms with Crippen molar-refractivity contribution < 1.29 is 4.79 Å². The summed E-state index contributed by atoms with van der Waals surface area (Å²) in [7, 11) is 0. The first kappa shape index (κ1) is 15.4. The van der Waals surface area contributed by atoms with Crippen LogP contribution in [0.3, 0.4) is 0 Å². The van der Waals surface area contributed by atoms with Crippen LogP contribution in [0.15, 0.2) is 48.8 Å². The van der Waals surface area contributed by atoms with E-state index in [0.717, 1.165) is 35.2 Å². The molecule has 0 atom stereocenters. The Labute approximate surface area is 146 Å². The predicted molar refractivity (Wildman–Crippen MR) is 101 cm³/mol. The summed E-state index contributed by atoms with van der Waals surface area (Å²) >= 11 is 0. The zero-order valence-corrected chi connectivity index (χ0v) is 13.9. The quantitative estimate of drug-likeness (QED) is 0.721. The minimum Gasteiger partial charge on any atom is -0.372 e. The summed E-state index contributed by atoms with van der Waals surface area (Å²) < 4.78 is 0. The summed E-state index contributed by atoms with van der Waals surface area (Å²) in [6.07, 6.45) is 7.89. The lowest BCUT2D eigenvalue weighted by Gasteiger charge is -2.17. The number of fused-ring (bicyclic) bond motifs is 1. The number of hydrogen-bond donors (Lipinski definition) is 2. The molecule has 0 saturated carbocycles. The number of nitrogens with zero attached hydrogens (tertiary/aromatic N) is 2. The number of primary amides is 1. The number of rotatable bonds is 4. The van der Waals surface area contributed by atoms with Crippen molar-refractivity contribution in [3.8, 4) is 0 Å². The summed E-state index contributed by atoms with van der Waals surface area (Å²) in [5.41, 5.74) is 9.86. The topological polar surface area (TPSA) is 75.0 Å². The molecule has 1 amide bonds. The number of benzene rings is 1. The molecule has 0 aliphatic carbocycles. The van der Waals surface area contributed by atoms with Gasteiger partial charge in [0.1, 0.15) is 5.65 Å². The second-order valence-electron chi connectivity index (χ2n) is 6.31. The molecule has 1 aromatic carbocycles. The number of H-pyrrole nitrogens is 1. The smallest absolute Gasteiger partial charge is 0.249 e. The van der Waals surface area contributed by atoms with E-state index in [9.17, 15) is 4.79 Å². The van der Waals surface area contributed by atoms with Gasteiger partial charge in [0.15, 0.2) is 0 Å². The van der Waals surface area contributed by atoms with Gasteiger partial charge in [-0.05, 0) is 48.7 Å². The average molecular weight is 332 g/mol. The molecule has 1 aliphatic rings.